The molecule has 1 aliphatic rings. The SMILES string of the molecule is Cc1ccc(C(=O)c2ccccc2C(=O)N2CCN(c3ccc(-c4ccc(Cl)cc4Cl)nn3)CC2)cc1. The molecule has 186 valence electrons. The van der Waals surface area contributed by atoms with Crippen LogP contribution in [0.2, 0.25) is 10.0 Å². The van der Waals surface area contributed by atoms with E-state index < -0.39 is 0 Å². The van der Waals surface area contributed by atoms with Crippen molar-refractivity contribution in [3.63, 3.8) is 0 Å². The molecule has 3 aromatic carbocycles. The highest BCUT2D eigenvalue weighted by molar-refractivity contribution is 6.36. The summed E-state index contributed by atoms with van der Waals surface area (Å²) < 4.78 is 0. The number of benzene rings is 3. The number of rotatable bonds is 5. The number of piperazine rings is 1. The smallest absolute Gasteiger partial charge is 0.254 e. The van der Waals surface area contributed by atoms with Crippen molar-refractivity contribution in [1.82, 2.24) is 15.1 Å². The molecule has 0 bridgehead atoms. The Hall–Kier alpha value is -3.74. The molecule has 1 aromatic heterocycles. The van der Waals surface area contributed by atoms with Crippen molar-refractivity contribution in [1.29, 1.82) is 0 Å². The van der Waals surface area contributed by atoms with Gasteiger partial charge in [-0.2, -0.15) is 0 Å². The zero-order valence-electron chi connectivity index (χ0n) is 20.2. The number of carbonyl (C=O) groups excluding carboxylic acids is 2. The first-order chi connectivity index (χ1) is 17.9. The summed E-state index contributed by atoms with van der Waals surface area (Å²) in [5, 5.41) is 9.81. The van der Waals surface area contributed by atoms with Crippen LogP contribution in [0.4, 0.5) is 5.82 Å². The van der Waals surface area contributed by atoms with Crippen molar-refractivity contribution in [3.05, 3.63) is 111 Å². The molecule has 0 N–H and O–H groups in total. The quantitative estimate of drug-likeness (QED) is 0.298. The summed E-state index contributed by atoms with van der Waals surface area (Å²) in [6.07, 6.45) is 0. The normalized spacial score (nSPS) is 13.5. The highest BCUT2D eigenvalue weighted by Gasteiger charge is 2.26. The van der Waals surface area contributed by atoms with Crippen LogP contribution in [-0.2, 0) is 0 Å². The van der Waals surface area contributed by atoms with E-state index in [2.05, 4.69) is 15.1 Å². The molecule has 0 aliphatic carbocycles. The Morgan fingerprint density at radius 2 is 1.49 bits per heavy atom. The molecule has 1 fully saturated rings. The Kier molecular flexibility index (Phi) is 7.22. The Morgan fingerprint density at radius 1 is 0.784 bits per heavy atom. The lowest BCUT2D eigenvalue weighted by Crippen LogP contribution is -2.49. The molecular formula is C29H24Cl2N4O2. The summed E-state index contributed by atoms with van der Waals surface area (Å²) in [6, 6.07) is 23.5. The van der Waals surface area contributed by atoms with Crippen molar-refractivity contribution in [3.8, 4) is 11.3 Å². The van der Waals surface area contributed by atoms with Crippen molar-refractivity contribution < 1.29 is 9.59 Å². The maximum Gasteiger partial charge on any atom is 0.254 e. The van der Waals surface area contributed by atoms with E-state index in [4.69, 9.17) is 23.2 Å². The number of aryl methyl sites for hydroxylation is 1. The zero-order chi connectivity index (χ0) is 25.9. The van der Waals surface area contributed by atoms with Crippen LogP contribution in [-0.4, -0.2) is 53.0 Å². The number of amides is 1. The second kappa shape index (κ2) is 10.7. The summed E-state index contributed by atoms with van der Waals surface area (Å²) in [7, 11) is 0. The minimum Gasteiger partial charge on any atom is -0.352 e. The Labute approximate surface area is 225 Å². The molecule has 0 atom stereocenters. The predicted octanol–water partition coefficient (Wildman–Crippen LogP) is 5.95. The third-order valence-electron chi connectivity index (χ3n) is 6.46. The standard InChI is InChI=1S/C29H24Cl2N4O2/c1-19-6-8-20(9-7-19)28(36)22-4-2-3-5-23(22)29(37)35-16-14-34(15-17-35)27-13-12-26(32-33-27)24-11-10-21(30)18-25(24)31/h2-13,18H,14-17H2,1H3. The van der Waals surface area contributed by atoms with E-state index in [-0.39, 0.29) is 11.7 Å². The van der Waals surface area contributed by atoms with Crippen molar-refractivity contribution in [2.75, 3.05) is 31.1 Å². The number of hydrogen-bond acceptors (Lipinski definition) is 5. The molecule has 1 aliphatic heterocycles. The van der Waals surface area contributed by atoms with E-state index in [1.54, 1.807) is 53.4 Å². The van der Waals surface area contributed by atoms with E-state index >= 15 is 0 Å². The third kappa shape index (κ3) is 5.36. The molecule has 1 saturated heterocycles. The van der Waals surface area contributed by atoms with Gasteiger partial charge in [0.25, 0.3) is 5.91 Å². The van der Waals surface area contributed by atoms with Gasteiger partial charge in [0.05, 0.1) is 16.3 Å². The fraction of sp³-hybridized carbons (Fsp3) is 0.172. The minimum absolute atomic E-state index is 0.144. The van der Waals surface area contributed by atoms with Crippen molar-refractivity contribution in [2.24, 2.45) is 0 Å². The van der Waals surface area contributed by atoms with Gasteiger partial charge in [-0.05, 0) is 43.3 Å². The molecule has 6 nitrogen and oxygen atoms in total. The lowest BCUT2D eigenvalue weighted by molar-refractivity contribution is 0.0742. The molecule has 5 rings (SSSR count). The van der Waals surface area contributed by atoms with Crippen LogP contribution in [0.5, 0.6) is 0 Å². The average Bonchev–Trinajstić information content (AvgIpc) is 2.93. The van der Waals surface area contributed by atoms with Crippen molar-refractivity contribution >= 4 is 40.7 Å². The van der Waals surface area contributed by atoms with Gasteiger partial charge in [-0.15, -0.1) is 10.2 Å². The molecule has 0 unspecified atom stereocenters. The fourth-order valence-corrected chi connectivity index (χ4v) is 4.88. The predicted molar refractivity (Wildman–Crippen MR) is 147 cm³/mol. The molecule has 37 heavy (non-hydrogen) atoms. The van der Waals surface area contributed by atoms with E-state index in [0.717, 1.165) is 16.9 Å². The lowest BCUT2D eigenvalue weighted by atomic mass is 9.97. The molecule has 4 aromatic rings. The van der Waals surface area contributed by atoms with Crippen LogP contribution < -0.4 is 4.90 Å². The second-order valence-corrected chi connectivity index (χ2v) is 9.76. The van der Waals surface area contributed by atoms with Crippen LogP contribution in [0.1, 0.15) is 31.8 Å². The first kappa shape index (κ1) is 24.9. The Morgan fingerprint density at radius 3 is 2.14 bits per heavy atom. The third-order valence-corrected chi connectivity index (χ3v) is 7.01. The largest absolute Gasteiger partial charge is 0.352 e. The van der Waals surface area contributed by atoms with Gasteiger partial charge in [0.15, 0.2) is 11.6 Å². The average molecular weight is 531 g/mol. The fourth-order valence-electron chi connectivity index (χ4n) is 4.37. The van der Waals surface area contributed by atoms with E-state index in [1.807, 2.05) is 37.3 Å². The molecule has 0 radical (unpaired) electrons. The number of nitrogens with zero attached hydrogens (tertiary/aromatic N) is 4. The van der Waals surface area contributed by atoms with Crippen molar-refractivity contribution in [2.45, 2.75) is 6.92 Å². The van der Waals surface area contributed by atoms with Gasteiger partial charge in [-0.25, -0.2) is 0 Å². The zero-order valence-corrected chi connectivity index (χ0v) is 21.7. The van der Waals surface area contributed by atoms with Gasteiger partial charge in [-0.3, -0.25) is 9.59 Å². The molecule has 1 amide bonds. The summed E-state index contributed by atoms with van der Waals surface area (Å²) in [4.78, 5) is 30.5. The van der Waals surface area contributed by atoms with Gasteiger partial charge < -0.3 is 9.80 Å². The van der Waals surface area contributed by atoms with Gasteiger partial charge in [-0.1, -0.05) is 71.2 Å². The van der Waals surface area contributed by atoms with Gasteiger partial charge in [0, 0.05) is 47.9 Å². The molecular weight excluding hydrogens is 507 g/mol. The highest BCUT2D eigenvalue weighted by atomic mass is 35.5. The van der Waals surface area contributed by atoms with Crippen LogP contribution in [0.15, 0.2) is 78.9 Å². The van der Waals surface area contributed by atoms with Crippen LogP contribution in [0, 0.1) is 6.92 Å². The number of anilines is 1. The number of halogens is 2. The van der Waals surface area contributed by atoms with E-state index in [1.165, 1.54) is 0 Å². The first-order valence-electron chi connectivity index (χ1n) is 11.9. The van der Waals surface area contributed by atoms with Gasteiger partial charge in [0.1, 0.15) is 0 Å². The lowest BCUT2D eigenvalue weighted by Gasteiger charge is -2.35. The number of carbonyl (C=O) groups is 2. The Bertz CT molecular complexity index is 1450. The van der Waals surface area contributed by atoms with Crippen LogP contribution >= 0.6 is 23.2 Å². The molecule has 0 spiro atoms. The number of aromatic nitrogens is 2. The molecule has 0 saturated carbocycles. The number of ketones is 1. The van der Waals surface area contributed by atoms with Crippen LogP contribution in [0.25, 0.3) is 11.3 Å². The van der Waals surface area contributed by atoms with Gasteiger partial charge in [0.2, 0.25) is 0 Å². The monoisotopic (exact) mass is 530 g/mol. The maximum atomic E-state index is 13.4. The first-order valence-corrected chi connectivity index (χ1v) is 12.7. The van der Waals surface area contributed by atoms with Crippen LogP contribution in [0.3, 0.4) is 0 Å². The molecule has 2 heterocycles. The minimum atomic E-state index is -0.154. The van der Waals surface area contributed by atoms with E-state index in [0.29, 0.717) is 58.6 Å². The maximum absolute atomic E-state index is 13.4. The Balaban J connectivity index is 1.27. The number of hydrogen-bond donors (Lipinski definition) is 0. The summed E-state index contributed by atoms with van der Waals surface area (Å²) in [5.74, 6) is 0.434. The molecule has 8 heteroatoms. The van der Waals surface area contributed by atoms with Gasteiger partial charge >= 0.3 is 0 Å². The highest BCUT2D eigenvalue weighted by Crippen LogP contribution is 2.29. The topological polar surface area (TPSA) is 66.4 Å². The summed E-state index contributed by atoms with van der Waals surface area (Å²) >= 11 is 12.3. The summed E-state index contributed by atoms with van der Waals surface area (Å²) in [5.41, 5.74) is 3.91. The van der Waals surface area contributed by atoms with E-state index in [9.17, 15) is 9.59 Å². The second-order valence-electron chi connectivity index (χ2n) is 8.92. The summed E-state index contributed by atoms with van der Waals surface area (Å²) in [6.45, 7) is 4.21.